The van der Waals surface area contributed by atoms with E-state index in [0.717, 1.165) is 11.3 Å². The number of carbonyl (C=O) groups is 2. The van der Waals surface area contributed by atoms with E-state index in [9.17, 15) is 9.59 Å². The number of imide groups is 1. The Morgan fingerprint density at radius 2 is 1.78 bits per heavy atom. The Bertz CT molecular complexity index is 1140. The van der Waals surface area contributed by atoms with Crippen molar-refractivity contribution in [3.63, 3.8) is 0 Å². The quantitative estimate of drug-likeness (QED) is 0.423. The second-order valence-corrected chi connectivity index (χ2v) is 9.94. The van der Waals surface area contributed by atoms with Crippen molar-refractivity contribution in [3.05, 3.63) is 59.1 Å². The van der Waals surface area contributed by atoms with E-state index < -0.39 is 0 Å². The van der Waals surface area contributed by atoms with E-state index in [4.69, 9.17) is 11.6 Å². The van der Waals surface area contributed by atoms with Gasteiger partial charge in [0.05, 0.1) is 17.3 Å². The van der Waals surface area contributed by atoms with Gasteiger partial charge in [-0.3, -0.25) is 14.3 Å². The number of thioether (sulfide) groups is 1. The summed E-state index contributed by atoms with van der Waals surface area (Å²) in [6.07, 6.45) is 0. The van der Waals surface area contributed by atoms with Gasteiger partial charge in [0, 0.05) is 17.9 Å². The predicted molar refractivity (Wildman–Crippen MR) is 126 cm³/mol. The minimum Gasteiger partial charge on any atom is -0.329 e. The zero-order valence-electron chi connectivity index (χ0n) is 18.1. The Balaban J connectivity index is 1.66. The third-order valence-corrected chi connectivity index (χ3v) is 6.45. The van der Waals surface area contributed by atoms with Gasteiger partial charge in [-0.2, -0.15) is 0 Å². The van der Waals surface area contributed by atoms with E-state index in [1.165, 1.54) is 22.2 Å². The lowest BCUT2D eigenvalue weighted by molar-refractivity contribution is -0.124. The second-order valence-electron chi connectivity index (χ2n) is 8.47. The average molecular weight is 470 g/mol. The molecule has 2 heterocycles. The monoisotopic (exact) mass is 469 g/mol. The van der Waals surface area contributed by atoms with Crippen LogP contribution in [0.3, 0.4) is 0 Å². The molecule has 3 aromatic rings. The Labute approximate surface area is 196 Å². The van der Waals surface area contributed by atoms with Crippen LogP contribution in [0.15, 0.2) is 53.7 Å². The number of nitrogens with zero attached hydrogens (tertiary/aromatic N) is 4. The van der Waals surface area contributed by atoms with Crippen molar-refractivity contribution in [2.24, 2.45) is 0 Å². The Hall–Kier alpha value is -2.84. The highest BCUT2D eigenvalue weighted by Gasteiger charge is 2.28. The van der Waals surface area contributed by atoms with E-state index in [-0.39, 0.29) is 23.9 Å². The molecule has 0 radical (unpaired) electrons. The minimum atomic E-state index is -0.359. The van der Waals surface area contributed by atoms with E-state index in [2.05, 4.69) is 48.4 Å². The Morgan fingerprint density at radius 1 is 1.06 bits per heavy atom. The smallest absolute Gasteiger partial charge is 0.324 e. The number of hydrogen-bond acceptors (Lipinski definition) is 5. The van der Waals surface area contributed by atoms with Crippen LogP contribution < -0.4 is 5.32 Å². The first-order valence-corrected chi connectivity index (χ1v) is 11.6. The highest BCUT2D eigenvalue weighted by atomic mass is 35.5. The number of para-hydroxylation sites is 1. The molecule has 1 fully saturated rings. The summed E-state index contributed by atoms with van der Waals surface area (Å²) in [6, 6.07) is 15.5. The Kier molecular flexibility index (Phi) is 6.26. The van der Waals surface area contributed by atoms with Gasteiger partial charge in [0.2, 0.25) is 5.91 Å². The standard InChI is InChI=1S/C23H24ClN5O2S/c1-23(2,3)16-10-8-15(9-11-16)20-26-27-22(29(20)18-7-5-4-6-17(18)24)32-13-12-28-19(30)14-25-21(28)31/h4-11H,12-14H2,1-3H3,(H,25,31). The molecule has 0 bridgehead atoms. The molecule has 1 saturated heterocycles. The fraction of sp³-hybridized carbons (Fsp3) is 0.304. The van der Waals surface area contributed by atoms with E-state index in [0.29, 0.717) is 28.3 Å². The van der Waals surface area contributed by atoms with E-state index in [1.807, 2.05) is 41.0 Å². The summed E-state index contributed by atoms with van der Waals surface area (Å²) in [7, 11) is 0. The van der Waals surface area contributed by atoms with E-state index in [1.54, 1.807) is 0 Å². The molecule has 0 saturated carbocycles. The molecule has 3 amide bonds. The van der Waals surface area contributed by atoms with Gasteiger partial charge >= 0.3 is 6.03 Å². The van der Waals surface area contributed by atoms with Gasteiger partial charge in [-0.05, 0) is 23.1 Å². The first-order valence-electron chi connectivity index (χ1n) is 10.3. The number of carbonyl (C=O) groups excluding carboxylic acids is 2. The van der Waals surface area contributed by atoms with Crippen LogP contribution >= 0.6 is 23.4 Å². The van der Waals surface area contributed by atoms with E-state index >= 15 is 0 Å². The lowest BCUT2D eigenvalue weighted by Crippen LogP contribution is -2.32. The fourth-order valence-corrected chi connectivity index (χ4v) is 4.52. The molecule has 32 heavy (non-hydrogen) atoms. The number of nitrogens with one attached hydrogen (secondary N) is 1. The highest BCUT2D eigenvalue weighted by molar-refractivity contribution is 7.99. The first kappa shape index (κ1) is 22.4. The summed E-state index contributed by atoms with van der Waals surface area (Å²) in [5.41, 5.74) is 2.97. The van der Waals surface area contributed by atoms with Gasteiger partial charge in [0.25, 0.3) is 0 Å². The summed E-state index contributed by atoms with van der Waals surface area (Å²) in [6.45, 7) is 6.87. The maximum Gasteiger partial charge on any atom is 0.324 e. The molecule has 0 aliphatic carbocycles. The van der Waals surface area contributed by atoms with Gasteiger partial charge in [0.15, 0.2) is 11.0 Å². The third-order valence-electron chi connectivity index (χ3n) is 5.22. The number of halogens is 1. The van der Waals surface area contributed by atoms with Crippen LogP contribution in [0.25, 0.3) is 17.1 Å². The van der Waals surface area contributed by atoms with Crippen LogP contribution in [0.1, 0.15) is 26.3 Å². The number of benzene rings is 2. The lowest BCUT2D eigenvalue weighted by atomic mass is 9.87. The number of aromatic nitrogens is 3. The summed E-state index contributed by atoms with van der Waals surface area (Å²) >= 11 is 7.94. The predicted octanol–water partition coefficient (Wildman–Crippen LogP) is 4.53. The molecule has 0 atom stereocenters. The zero-order chi connectivity index (χ0) is 22.9. The molecule has 7 nitrogen and oxygen atoms in total. The molecular formula is C23H24ClN5O2S. The molecule has 2 aromatic carbocycles. The van der Waals surface area contributed by atoms with Crippen molar-refractivity contribution in [3.8, 4) is 17.1 Å². The van der Waals surface area contributed by atoms with Crippen molar-refractivity contribution in [1.82, 2.24) is 25.0 Å². The molecule has 166 valence electrons. The molecule has 1 aliphatic rings. The summed E-state index contributed by atoms with van der Waals surface area (Å²) in [4.78, 5) is 24.8. The Morgan fingerprint density at radius 3 is 2.41 bits per heavy atom. The average Bonchev–Trinajstić information content (AvgIpc) is 3.32. The van der Waals surface area contributed by atoms with Gasteiger partial charge in [-0.15, -0.1) is 10.2 Å². The van der Waals surface area contributed by atoms with Gasteiger partial charge in [0.1, 0.15) is 0 Å². The summed E-state index contributed by atoms with van der Waals surface area (Å²) in [5, 5.41) is 12.6. The number of amides is 3. The SMILES string of the molecule is CC(C)(C)c1ccc(-c2nnc(SCCN3C(=O)CNC3=O)n2-c2ccccc2Cl)cc1. The second kappa shape index (κ2) is 8.96. The molecule has 9 heteroatoms. The lowest BCUT2D eigenvalue weighted by Gasteiger charge is -2.19. The molecule has 1 aromatic heterocycles. The summed E-state index contributed by atoms with van der Waals surface area (Å²) in [5.74, 6) is 0.948. The molecule has 1 aliphatic heterocycles. The third kappa shape index (κ3) is 4.52. The van der Waals surface area contributed by atoms with Gasteiger partial charge in [-0.1, -0.05) is 80.5 Å². The van der Waals surface area contributed by atoms with Crippen molar-refractivity contribution in [1.29, 1.82) is 0 Å². The largest absolute Gasteiger partial charge is 0.329 e. The summed E-state index contributed by atoms with van der Waals surface area (Å²) < 4.78 is 1.92. The first-order chi connectivity index (χ1) is 15.3. The van der Waals surface area contributed by atoms with Crippen molar-refractivity contribution in [2.45, 2.75) is 31.3 Å². The normalized spacial score (nSPS) is 14.2. The van der Waals surface area contributed by atoms with Crippen LogP contribution in [0.2, 0.25) is 5.02 Å². The highest BCUT2D eigenvalue weighted by Crippen LogP contribution is 2.32. The van der Waals surface area contributed by atoms with Crippen LogP contribution in [0, 0.1) is 0 Å². The van der Waals surface area contributed by atoms with Gasteiger partial charge in [-0.25, -0.2) is 4.79 Å². The topological polar surface area (TPSA) is 80.1 Å². The van der Waals surface area contributed by atoms with Crippen LogP contribution in [0.5, 0.6) is 0 Å². The number of rotatable bonds is 6. The molecule has 0 spiro atoms. The molecule has 4 rings (SSSR count). The van der Waals surface area contributed by atoms with Crippen molar-refractivity contribution >= 4 is 35.3 Å². The zero-order valence-corrected chi connectivity index (χ0v) is 19.7. The van der Waals surface area contributed by atoms with Crippen LogP contribution in [-0.4, -0.2) is 50.4 Å². The maximum atomic E-state index is 11.8. The molecule has 0 unspecified atom stereocenters. The van der Waals surface area contributed by atoms with Crippen LogP contribution in [-0.2, 0) is 10.2 Å². The molecular weight excluding hydrogens is 446 g/mol. The maximum absolute atomic E-state index is 11.8. The van der Waals surface area contributed by atoms with Crippen molar-refractivity contribution < 1.29 is 9.59 Å². The number of urea groups is 1. The fourth-order valence-electron chi connectivity index (χ4n) is 3.43. The number of hydrogen-bond donors (Lipinski definition) is 1. The van der Waals surface area contributed by atoms with Crippen molar-refractivity contribution in [2.75, 3.05) is 18.8 Å². The molecule has 1 N–H and O–H groups in total. The van der Waals surface area contributed by atoms with Gasteiger partial charge < -0.3 is 5.32 Å². The minimum absolute atomic E-state index is 0.0496. The van der Waals surface area contributed by atoms with Crippen LogP contribution in [0.4, 0.5) is 4.79 Å².